The quantitative estimate of drug-likeness (QED) is 0.690. The van der Waals surface area contributed by atoms with Gasteiger partial charge >= 0.3 is 0 Å². The summed E-state index contributed by atoms with van der Waals surface area (Å²) in [5, 5.41) is 0. The third-order valence-corrected chi connectivity index (χ3v) is 7.75. The van der Waals surface area contributed by atoms with Crippen LogP contribution >= 0.6 is 16.8 Å². The normalized spacial score (nSPS) is 18.1. The third kappa shape index (κ3) is 8.28. The topological polar surface area (TPSA) is 20.2 Å². The summed E-state index contributed by atoms with van der Waals surface area (Å²) in [7, 11) is 0. The Bertz CT molecular complexity index is 195. The third-order valence-electron chi connectivity index (χ3n) is 1.94. The summed E-state index contributed by atoms with van der Waals surface area (Å²) in [6.07, 6.45) is 3.27. The van der Waals surface area contributed by atoms with Crippen molar-refractivity contribution in [2.24, 2.45) is 11.8 Å². The first-order valence-corrected chi connectivity index (χ1v) is 9.86. The first-order valence-electron chi connectivity index (χ1n) is 5.33. The molecule has 0 radical (unpaired) electrons. The van der Waals surface area contributed by atoms with Crippen molar-refractivity contribution in [3.05, 3.63) is 0 Å². The highest BCUT2D eigenvalue weighted by molar-refractivity contribution is 8.69. The minimum Gasteiger partial charge on any atom is -0.357 e. The summed E-state index contributed by atoms with van der Waals surface area (Å²) in [5.41, 5.74) is -2.08. The molecule has 0 spiro atoms. The molecule has 0 aliphatic heterocycles. The van der Waals surface area contributed by atoms with E-state index < -0.39 is 5.47 Å². The average Bonchev–Trinajstić information content (AvgIpc) is 1.99. The molecule has 0 saturated carbocycles. The van der Waals surface area contributed by atoms with Crippen molar-refractivity contribution in [2.45, 2.75) is 40.5 Å². The van der Waals surface area contributed by atoms with Gasteiger partial charge < -0.3 is 4.89 Å². The van der Waals surface area contributed by atoms with Gasteiger partial charge in [0.25, 0.3) is 0 Å². The van der Waals surface area contributed by atoms with Gasteiger partial charge in [-0.15, -0.1) is 0 Å². The van der Waals surface area contributed by atoms with E-state index in [4.69, 9.17) is 11.8 Å². The largest absolute Gasteiger partial charge is 0.357 e. The molecule has 0 fully saturated rings. The molecule has 0 aromatic rings. The van der Waals surface area contributed by atoms with Crippen LogP contribution in [0.25, 0.3) is 0 Å². The van der Waals surface area contributed by atoms with Crippen LogP contribution in [0.5, 0.6) is 0 Å². The van der Waals surface area contributed by atoms with Crippen LogP contribution < -0.4 is 0 Å². The molecule has 1 nitrogen and oxygen atoms in total. The molecule has 4 heteroatoms. The number of rotatable bonds is 7. The predicted molar refractivity (Wildman–Crippen MR) is 72.7 cm³/mol. The van der Waals surface area contributed by atoms with Crippen molar-refractivity contribution in [3.63, 3.8) is 0 Å². The molecule has 0 bridgehead atoms. The van der Waals surface area contributed by atoms with Crippen molar-refractivity contribution in [1.29, 1.82) is 0 Å². The zero-order chi connectivity index (χ0) is 11.2. The maximum atomic E-state index is 9.99. The van der Waals surface area contributed by atoms with Gasteiger partial charge in [-0.1, -0.05) is 63.7 Å². The lowest BCUT2D eigenvalue weighted by atomic mass is 10.1. The van der Waals surface area contributed by atoms with E-state index in [9.17, 15) is 4.89 Å². The molecule has 0 aliphatic carbocycles. The van der Waals surface area contributed by atoms with Gasteiger partial charge in [-0.05, 0) is 11.8 Å². The van der Waals surface area contributed by atoms with Gasteiger partial charge in [-0.25, -0.2) is 0 Å². The van der Waals surface area contributed by atoms with Gasteiger partial charge in [0.15, 0.2) is 0 Å². The maximum absolute atomic E-state index is 9.99. The fourth-order valence-electron chi connectivity index (χ4n) is 1.33. The minimum atomic E-state index is -2.08. The molecule has 1 N–H and O–H groups in total. The lowest BCUT2D eigenvalue weighted by molar-refractivity contribution is 0.584. The van der Waals surface area contributed by atoms with Crippen molar-refractivity contribution in [1.82, 2.24) is 0 Å². The van der Waals surface area contributed by atoms with Gasteiger partial charge in [0, 0.05) is 11.9 Å². The monoisotopic (exact) mass is 254 g/mol. The molecule has 14 heavy (non-hydrogen) atoms. The average molecular weight is 254 g/mol. The Balaban J connectivity index is 3.81. The van der Waals surface area contributed by atoms with Gasteiger partial charge in [0.05, 0.1) is 0 Å². The van der Waals surface area contributed by atoms with Crippen LogP contribution in [-0.2, 0) is 11.8 Å². The van der Waals surface area contributed by atoms with Crippen LogP contribution in [0.2, 0.25) is 0 Å². The maximum Gasteiger partial charge on any atom is 0.117 e. The van der Waals surface area contributed by atoms with Crippen molar-refractivity contribution < 1.29 is 4.89 Å². The summed E-state index contributed by atoms with van der Waals surface area (Å²) < 4.78 is 0. The minimum absolute atomic E-state index is 0.514. The lowest BCUT2D eigenvalue weighted by Gasteiger charge is -2.18. The number of hydrogen-bond donors (Lipinski definition) is 1. The van der Waals surface area contributed by atoms with Crippen LogP contribution in [0.4, 0.5) is 0 Å². The predicted octanol–water partition coefficient (Wildman–Crippen LogP) is 4.11. The van der Waals surface area contributed by atoms with Gasteiger partial charge in [0.2, 0.25) is 0 Å². The van der Waals surface area contributed by atoms with Gasteiger partial charge in [-0.2, -0.15) is 0 Å². The van der Waals surface area contributed by atoms with Crippen molar-refractivity contribution in [2.75, 3.05) is 11.9 Å². The molecular formula is C10H23OPS2. The first kappa shape index (κ1) is 15.0. The van der Waals surface area contributed by atoms with Crippen molar-refractivity contribution in [3.8, 4) is 0 Å². The lowest BCUT2D eigenvalue weighted by Crippen LogP contribution is -2.00. The smallest absolute Gasteiger partial charge is 0.117 e. The molecule has 0 amide bonds. The molecule has 0 aromatic heterocycles. The zero-order valence-corrected chi connectivity index (χ0v) is 12.2. The Labute approximate surface area is 97.9 Å². The molecule has 2 unspecified atom stereocenters. The standard InChI is InChI=1S/C10H23OPS2/c1-5-6-10(4)8-14-12(11,13)7-9(2)3/h9-10H,5-8H2,1-4H3,(H,11,13). The Kier molecular flexibility index (Phi) is 7.77. The molecule has 86 valence electrons. The van der Waals surface area contributed by atoms with E-state index in [0.29, 0.717) is 11.8 Å². The highest BCUT2D eigenvalue weighted by Gasteiger charge is 2.16. The Morgan fingerprint density at radius 3 is 2.36 bits per heavy atom. The molecule has 2 atom stereocenters. The van der Waals surface area contributed by atoms with E-state index in [2.05, 4.69) is 27.7 Å². The van der Waals surface area contributed by atoms with Gasteiger partial charge in [-0.3, -0.25) is 0 Å². The molecule has 0 rings (SSSR count). The van der Waals surface area contributed by atoms with Gasteiger partial charge in [0.1, 0.15) is 5.47 Å². The molecule has 0 heterocycles. The van der Waals surface area contributed by atoms with Crippen LogP contribution in [0.15, 0.2) is 0 Å². The van der Waals surface area contributed by atoms with E-state index in [0.717, 1.165) is 11.9 Å². The van der Waals surface area contributed by atoms with Crippen LogP contribution in [0.1, 0.15) is 40.5 Å². The summed E-state index contributed by atoms with van der Waals surface area (Å²) >= 11 is 6.89. The molecule has 0 aliphatic rings. The Morgan fingerprint density at radius 1 is 1.36 bits per heavy atom. The second-order valence-electron chi connectivity index (χ2n) is 4.40. The first-order chi connectivity index (χ1) is 6.37. The van der Waals surface area contributed by atoms with Crippen molar-refractivity contribution >= 4 is 28.7 Å². The Morgan fingerprint density at radius 2 is 1.93 bits per heavy atom. The molecule has 0 aromatic carbocycles. The summed E-state index contributed by atoms with van der Waals surface area (Å²) in [4.78, 5) is 9.99. The van der Waals surface area contributed by atoms with E-state index in [-0.39, 0.29) is 0 Å². The molecule has 0 saturated heterocycles. The van der Waals surface area contributed by atoms with E-state index >= 15 is 0 Å². The summed E-state index contributed by atoms with van der Waals surface area (Å²) in [6, 6.07) is 0. The van der Waals surface area contributed by atoms with Crippen LogP contribution in [-0.4, -0.2) is 16.8 Å². The number of hydrogen-bond acceptors (Lipinski definition) is 2. The Hall–Kier alpha value is 0.960. The molecular weight excluding hydrogens is 231 g/mol. The second-order valence-corrected chi connectivity index (χ2v) is 11.7. The highest BCUT2D eigenvalue weighted by atomic mass is 32.9. The van der Waals surface area contributed by atoms with E-state index in [1.54, 1.807) is 11.4 Å². The van der Waals surface area contributed by atoms with E-state index in [1.165, 1.54) is 12.8 Å². The zero-order valence-electron chi connectivity index (χ0n) is 9.69. The fraction of sp³-hybridized carbons (Fsp3) is 1.00. The van der Waals surface area contributed by atoms with Crippen LogP contribution in [0, 0.1) is 11.8 Å². The summed E-state index contributed by atoms with van der Waals surface area (Å²) in [6.45, 7) is 8.67. The second kappa shape index (κ2) is 7.27. The highest BCUT2D eigenvalue weighted by Crippen LogP contribution is 2.56. The SMILES string of the molecule is CCCC(C)CSP(O)(=S)CC(C)C. The van der Waals surface area contributed by atoms with Crippen LogP contribution in [0.3, 0.4) is 0 Å². The fourth-order valence-corrected chi connectivity index (χ4v) is 7.13. The van der Waals surface area contributed by atoms with E-state index in [1.807, 2.05) is 0 Å². The summed E-state index contributed by atoms with van der Waals surface area (Å²) in [5.74, 6) is 2.22.